The van der Waals surface area contributed by atoms with Gasteiger partial charge in [-0.1, -0.05) is 18.7 Å². The Morgan fingerprint density at radius 2 is 2.26 bits per heavy atom. The first kappa shape index (κ1) is 16.5. The van der Waals surface area contributed by atoms with E-state index in [-0.39, 0.29) is 17.3 Å². The fourth-order valence-electron chi connectivity index (χ4n) is 2.12. The Bertz CT molecular complexity index is 395. The second-order valence-electron chi connectivity index (χ2n) is 5.05. The molecule has 1 rings (SSSR count). The first-order chi connectivity index (χ1) is 8.87. The van der Waals surface area contributed by atoms with Crippen LogP contribution in [0.4, 0.5) is 0 Å². The molecule has 1 N–H and O–H groups in total. The van der Waals surface area contributed by atoms with Crippen molar-refractivity contribution in [3.05, 3.63) is 11.6 Å². The Morgan fingerprint density at radius 3 is 2.74 bits per heavy atom. The van der Waals surface area contributed by atoms with Gasteiger partial charge in [0.05, 0.1) is 7.11 Å². The van der Waals surface area contributed by atoms with Gasteiger partial charge in [-0.05, 0) is 27.2 Å². The molecule has 1 aromatic rings. The summed E-state index contributed by atoms with van der Waals surface area (Å²) in [6.45, 7) is 8.06. The fourth-order valence-corrected chi connectivity index (χ4v) is 4.24. The van der Waals surface area contributed by atoms with E-state index in [1.165, 1.54) is 7.11 Å². The number of thioether (sulfide) groups is 1. The van der Waals surface area contributed by atoms with Crippen LogP contribution in [-0.4, -0.2) is 34.9 Å². The second-order valence-corrected chi connectivity index (χ2v) is 7.63. The lowest BCUT2D eigenvalue weighted by molar-refractivity contribution is -0.148. The highest BCUT2D eigenvalue weighted by atomic mass is 32.2. The molecule has 0 aliphatic rings. The number of aromatic nitrogens is 1. The van der Waals surface area contributed by atoms with Gasteiger partial charge < -0.3 is 4.74 Å². The summed E-state index contributed by atoms with van der Waals surface area (Å²) < 4.78 is 5.96. The normalized spacial score (nSPS) is 16.1. The van der Waals surface area contributed by atoms with Gasteiger partial charge in [0.2, 0.25) is 0 Å². The number of carbonyl (C=O) groups excluding carboxylic acids is 1. The molecule has 0 spiro atoms. The molecule has 2 atom stereocenters. The van der Waals surface area contributed by atoms with E-state index >= 15 is 0 Å². The Morgan fingerprint density at radius 1 is 1.58 bits per heavy atom. The molecule has 1 aromatic heterocycles. The summed E-state index contributed by atoms with van der Waals surface area (Å²) >= 11 is 3.31. The number of hydrogen-bond acceptors (Lipinski definition) is 6. The largest absolute Gasteiger partial charge is 0.468 e. The summed E-state index contributed by atoms with van der Waals surface area (Å²) in [5.74, 6) is -0.215. The molecule has 0 fully saturated rings. The summed E-state index contributed by atoms with van der Waals surface area (Å²) in [7, 11) is 1.43. The number of hydrogen-bond donors (Lipinski definition) is 1. The first-order valence-corrected chi connectivity index (χ1v) is 8.05. The average Bonchev–Trinajstić information content (AvgIpc) is 2.78. The maximum atomic E-state index is 12.0. The van der Waals surface area contributed by atoms with Crippen molar-refractivity contribution in [2.45, 2.75) is 55.3 Å². The number of esters is 1. The van der Waals surface area contributed by atoms with Crippen LogP contribution < -0.4 is 5.32 Å². The van der Waals surface area contributed by atoms with E-state index in [1.54, 1.807) is 29.3 Å². The number of rotatable bonds is 7. The highest BCUT2D eigenvalue weighted by molar-refractivity contribution is 8.01. The number of nitrogens with zero attached hydrogens (tertiary/aromatic N) is 1. The smallest absolute Gasteiger partial charge is 0.325 e. The van der Waals surface area contributed by atoms with Crippen molar-refractivity contribution in [1.29, 1.82) is 0 Å². The van der Waals surface area contributed by atoms with Crippen molar-refractivity contribution in [3.63, 3.8) is 0 Å². The molecular formula is C13H22N2O2S2. The number of thiazole rings is 1. The molecular weight excluding hydrogens is 280 g/mol. The van der Waals surface area contributed by atoms with Gasteiger partial charge in [-0.3, -0.25) is 10.1 Å². The third-order valence-corrected chi connectivity index (χ3v) is 4.67. The number of methoxy groups -OCH3 is 1. The maximum absolute atomic E-state index is 12.0. The molecule has 0 saturated heterocycles. The number of ether oxygens (including phenoxy) is 1. The monoisotopic (exact) mass is 302 g/mol. The summed E-state index contributed by atoms with van der Waals surface area (Å²) in [5.41, 5.74) is -0.660. The molecule has 0 aliphatic heterocycles. The third-order valence-electron chi connectivity index (χ3n) is 2.65. The zero-order chi connectivity index (χ0) is 14.5. The van der Waals surface area contributed by atoms with Crippen molar-refractivity contribution >= 4 is 29.1 Å². The minimum Gasteiger partial charge on any atom is -0.468 e. The molecule has 19 heavy (non-hydrogen) atoms. The summed E-state index contributed by atoms with van der Waals surface area (Å²) in [4.78, 5) is 16.3. The van der Waals surface area contributed by atoms with Crippen LogP contribution in [0.3, 0.4) is 0 Å². The molecule has 2 unspecified atom stereocenters. The summed E-state index contributed by atoms with van der Waals surface area (Å²) in [5, 5.41) is 5.55. The van der Waals surface area contributed by atoms with Crippen LogP contribution in [0.15, 0.2) is 15.9 Å². The van der Waals surface area contributed by atoms with E-state index in [9.17, 15) is 4.79 Å². The summed E-state index contributed by atoms with van der Waals surface area (Å²) in [6, 6.07) is 0.223. The minimum atomic E-state index is -0.660. The second kappa shape index (κ2) is 7.26. The highest BCUT2D eigenvalue weighted by Gasteiger charge is 2.36. The van der Waals surface area contributed by atoms with Crippen LogP contribution in [0.25, 0.3) is 0 Å². The van der Waals surface area contributed by atoms with E-state index in [0.29, 0.717) is 6.42 Å². The summed E-state index contributed by atoms with van der Waals surface area (Å²) in [6.07, 6.45) is 2.49. The van der Waals surface area contributed by atoms with E-state index in [4.69, 9.17) is 4.74 Å². The lowest BCUT2D eigenvalue weighted by Crippen LogP contribution is -2.54. The molecule has 0 radical (unpaired) electrons. The minimum absolute atomic E-state index is 0.215. The zero-order valence-electron chi connectivity index (χ0n) is 12.1. The predicted octanol–water partition coefficient (Wildman–Crippen LogP) is 2.94. The van der Waals surface area contributed by atoms with Crippen LogP contribution >= 0.6 is 23.1 Å². The highest BCUT2D eigenvalue weighted by Crippen LogP contribution is 2.30. The fraction of sp³-hybridized carbons (Fsp3) is 0.692. The standard InChI is InChI=1S/C13H22N2O2S2/c1-9(2)15-13(4,11(16)17-5)8-10(3)19-12-14-6-7-18-12/h6-7,9-10,15H,8H2,1-5H3. The van der Waals surface area contributed by atoms with Crippen LogP contribution in [0.1, 0.15) is 34.1 Å². The van der Waals surface area contributed by atoms with Crippen LogP contribution in [0.2, 0.25) is 0 Å². The van der Waals surface area contributed by atoms with E-state index < -0.39 is 5.54 Å². The molecule has 108 valence electrons. The van der Waals surface area contributed by atoms with Gasteiger partial charge in [-0.25, -0.2) is 4.98 Å². The van der Waals surface area contributed by atoms with Gasteiger partial charge >= 0.3 is 5.97 Å². The molecule has 1 heterocycles. The molecule has 0 saturated carbocycles. The van der Waals surface area contributed by atoms with Crippen molar-refractivity contribution in [2.24, 2.45) is 0 Å². The predicted molar refractivity (Wildman–Crippen MR) is 80.7 cm³/mol. The zero-order valence-corrected chi connectivity index (χ0v) is 13.7. The quantitative estimate of drug-likeness (QED) is 0.620. The molecule has 0 bridgehead atoms. The van der Waals surface area contributed by atoms with Crippen molar-refractivity contribution in [2.75, 3.05) is 7.11 Å². The first-order valence-electron chi connectivity index (χ1n) is 6.29. The maximum Gasteiger partial charge on any atom is 0.325 e. The van der Waals surface area contributed by atoms with E-state index in [0.717, 1.165) is 4.34 Å². The van der Waals surface area contributed by atoms with Gasteiger partial charge in [0, 0.05) is 22.9 Å². The Labute approximate surface area is 123 Å². The number of carbonyl (C=O) groups is 1. The average molecular weight is 302 g/mol. The van der Waals surface area contributed by atoms with Crippen molar-refractivity contribution < 1.29 is 9.53 Å². The van der Waals surface area contributed by atoms with E-state index in [2.05, 4.69) is 17.2 Å². The van der Waals surface area contributed by atoms with Gasteiger partial charge in [0.1, 0.15) is 9.88 Å². The van der Waals surface area contributed by atoms with Gasteiger partial charge in [0.15, 0.2) is 0 Å². The topological polar surface area (TPSA) is 51.2 Å². The molecule has 4 nitrogen and oxygen atoms in total. The van der Waals surface area contributed by atoms with Gasteiger partial charge in [-0.2, -0.15) is 0 Å². The lowest BCUT2D eigenvalue weighted by Gasteiger charge is -2.32. The lowest BCUT2D eigenvalue weighted by atomic mass is 9.95. The van der Waals surface area contributed by atoms with Gasteiger partial charge in [-0.15, -0.1) is 11.3 Å². The van der Waals surface area contributed by atoms with E-state index in [1.807, 2.05) is 26.2 Å². The Kier molecular flexibility index (Phi) is 6.29. The Balaban J connectivity index is 2.68. The Hall–Kier alpha value is -0.590. The van der Waals surface area contributed by atoms with Gasteiger partial charge in [0.25, 0.3) is 0 Å². The molecule has 0 aliphatic carbocycles. The number of nitrogens with one attached hydrogen (secondary N) is 1. The molecule has 0 amide bonds. The van der Waals surface area contributed by atoms with Crippen LogP contribution in [0.5, 0.6) is 0 Å². The molecule has 0 aromatic carbocycles. The van der Waals surface area contributed by atoms with Crippen molar-refractivity contribution in [1.82, 2.24) is 10.3 Å². The molecule has 6 heteroatoms. The SMILES string of the molecule is COC(=O)C(C)(CC(C)Sc1nccs1)NC(C)C. The van der Waals surface area contributed by atoms with Crippen molar-refractivity contribution in [3.8, 4) is 0 Å². The van der Waals surface area contributed by atoms with Crippen LogP contribution in [0, 0.1) is 0 Å². The van der Waals surface area contributed by atoms with Crippen LogP contribution in [-0.2, 0) is 9.53 Å². The third kappa shape index (κ3) is 5.12.